The molecule has 19 heavy (non-hydrogen) atoms. The van der Waals surface area contributed by atoms with E-state index in [0.29, 0.717) is 6.04 Å². The third kappa shape index (κ3) is 6.28. The molecule has 4 heteroatoms. The van der Waals surface area contributed by atoms with Crippen LogP contribution in [0, 0.1) is 0 Å². The van der Waals surface area contributed by atoms with Crippen molar-refractivity contribution in [2.45, 2.75) is 69.1 Å². The van der Waals surface area contributed by atoms with Crippen LogP contribution in [0.25, 0.3) is 0 Å². The molecular formula is C15H31NOS2. The first-order valence-electron chi connectivity index (χ1n) is 7.52. The number of hydrogen-bond donors (Lipinski definition) is 1. The molecule has 0 aliphatic carbocycles. The molecule has 1 heterocycles. The van der Waals surface area contributed by atoms with Crippen molar-refractivity contribution in [3.63, 3.8) is 0 Å². The maximum atomic E-state index is 5.57. The highest BCUT2D eigenvalue weighted by molar-refractivity contribution is 8.07. The summed E-state index contributed by atoms with van der Waals surface area (Å²) in [5.41, 5.74) is 0.00184. The summed E-state index contributed by atoms with van der Waals surface area (Å²) in [6.45, 7) is 10.2. The SMILES string of the molecule is CCCNC(CCC(C)(C)OC)C1SCCSC1C. The molecule has 0 saturated carbocycles. The first-order valence-corrected chi connectivity index (χ1v) is 9.61. The van der Waals surface area contributed by atoms with Gasteiger partial charge in [0.25, 0.3) is 0 Å². The van der Waals surface area contributed by atoms with Gasteiger partial charge in [-0.3, -0.25) is 0 Å². The molecule has 0 radical (unpaired) electrons. The van der Waals surface area contributed by atoms with E-state index in [0.717, 1.165) is 23.5 Å². The number of nitrogens with one attached hydrogen (secondary N) is 1. The fraction of sp³-hybridized carbons (Fsp3) is 1.00. The third-order valence-corrected chi connectivity index (χ3v) is 7.15. The van der Waals surface area contributed by atoms with E-state index in [-0.39, 0.29) is 5.60 Å². The predicted octanol–water partition coefficient (Wildman–Crippen LogP) is 3.80. The van der Waals surface area contributed by atoms with Crippen molar-refractivity contribution in [1.82, 2.24) is 5.32 Å². The fourth-order valence-electron chi connectivity index (χ4n) is 2.41. The Balaban J connectivity index is 2.54. The zero-order valence-electron chi connectivity index (χ0n) is 13.2. The van der Waals surface area contributed by atoms with E-state index in [2.05, 4.69) is 56.5 Å². The Morgan fingerprint density at radius 1 is 1.32 bits per heavy atom. The number of thioether (sulfide) groups is 2. The van der Waals surface area contributed by atoms with E-state index in [1.54, 1.807) is 0 Å². The first-order chi connectivity index (χ1) is 9.00. The molecule has 3 atom stereocenters. The lowest BCUT2D eigenvalue weighted by Gasteiger charge is -2.36. The largest absolute Gasteiger partial charge is 0.379 e. The topological polar surface area (TPSA) is 21.3 Å². The monoisotopic (exact) mass is 305 g/mol. The molecule has 0 bridgehead atoms. The lowest BCUT2D eigenvalue weighted by molar-refractivity contribution is 0.0117. The van der Waals surface area contributed by atoms with Crippen LogP contribution >= 0.6 is 23.5 Å². The molecule has 0 aromatic heterocycles. The highest BCUT2D eigenvalue weighted by atomic mass is 32.2. The van der Waals surface area contributed by atoms with Gasteiger partial charge in [-0.1, -0.05) is 13.8 Å². The zero-order chi connectivity index (χ0) is 14.3. The Bertz CT molecular complexity index is 248. The first kappa shape index (κ1) is 17.7. The van der Waals surface area contributed by atoms with Gasteiger partial charge >= 0.3 is 0 Å². The molecule has 0 spiro atoms. The van der Waals surface area contributed by atoms with Crippen LogP contribution in [-0.4, -0.2) is 47.3 Å². The average molecular weight is 306 g/mol. The molecule has 1 rings (SSSR count). The zero-order valence-corrected chi connectivity index (χ0v) is 14.8. The van der Waals surface area contributed by atoms with Gasteiger partial charge in [-0.05, 0) is 39.7 Å². The molecule has 114 valence electrons. The Hall–Kier alpha value is 0.620. The third-order valence-electron chi connectivity index (χ3n) is 3.90. The maximum Gasteiger partial charge on any atom is 0.0623 e. The van der Waals surface area contributed by atoms with Crippen LogP contribution in [0.1, 0.15) is 47.0 Å². The molecule has 0 amide bonds. The van der Waals surface area contributed by atoms with E-state index in [1.807, 2.05) is 7.11 Å². The van der Waals surface area contributed by atoms with Gasteiger partial charge in [-0.25, -0.2) is 0 Å². The van der Waals surface area contributed by atoms with Gasteiger partial charge in [-0.15, -0.1) is 0 Å². The molecular weight excluding hydrogens is 274 g/mol. The molecule has 0 aromatic carbocycles. The van der Waals surface area contributed by atoms with Gasteiger partial charge < -0.3 is 10.1 Å². The quantitative estimate of drug-likeness (QED) is 0.736. The summed E-state index contributed by atoms with van der Waals surface area (Å²) >= 11 is 4.30. The number of hydrogen-bond acceptors (Lipinski definition) is 4. The standard InChI is InChI=1S/C15H31NOS2/c1-6-9-16-13(7-8-15(3,4)17-5)14-12(2)18-10-11-19-14/h12-14,16H,6-11H2,1-5H3. The molecule has 1 N–H and O–H groups in total. The van der Waals surface area contributed by atoms with Crippen molar-refractivity contribution < 1.29 is 4.74 Å². The smallest absolute Gasteiger partial charge is 0.0623 e. The fourth-order valence-corrected chi connectivity index (χ4v) is 5.41. The van der Waals surface area contributed by atoms with Crippen LogP contribution in [0.5, 0.6) is 0 Å². The lowest BCUT2D eigenvalue weighted by atomic mass is 9.96. The van der Waals surface area contributed by atoms with Gasteiger partial charge in [0.1, 0.15) is 0 Å². The van der Waals surface area contributed by atoms with Crippen LogP contribution in [0.2, 0.25) is 0 Å². The van der Waals surface area contributed by atoms with Gasteiger partial charge in [0, 0.05) is 35.2 Å². The minimum absolute atomic E-state index is 0.00184. The number of ether oxygens (including phenoxy) is 1. The van der Waals surface area contributed by atoms with Crippen LogP contribution in [0.4, 0.5) is 0 Å². The minimum Gasteiger partial charge on any atom is -0.379 e. The Morgan fingerprint density at radius 2 is 2.00 bits per heavy atom. The van der Waals surface area contributed by atoms with Gasteiger partial charge in [0.2, 0.25) is 0 Å². The van der Waals surface area contributed by atoms with Crippen LogP contribution < -0.4 is 5.32 Å². The maximum absolute atomic E-state index is 5.57. The van der Waals surface area contributed by atoms with Crippen LogP contribution in [0.3, 0.4) is 0 Å². The molecule has 1 aliphatic heterocycles. The van der Waals surface area contributed by atoms with Gasteiger partial charge in [0.05, 0.1) is 5.60 Å². The summed E-state index contributed by atoms with van der Waals surface area (Å²) in [6.07, 6.45) is 3.55. The second-order valence-electron chi connectivity index (χ2n) is 5.97. The Morgan fingerprint density at radius 3 is 2.58 bits per heavy atom. The van der Waals surface area contributed by atoms with Crippen molar-refractivity contribution in [1.29, 1.82) is 0 Å². The second-order valence-corrected chi connectivity index (χ2v) is 8.75. The summed E-state index contributed by atoms with van der Waals surface area (Å²) in [5.74, 6) is 2.62. The molecule has 0 aromatic rings. The highest BCUT2D eigenvalue weighted by Gasteiger charge is 2.31. The molecule has 1 aliphatic rings. The van der Waals surface area contributed by atoms with E-state index >= 15 is 0 Å². The van der Waals surface area contributed by atoms with E-state index in [4.69, 9.17) is 4.74 Å². The van der Waals surface area contributed by atoms with E-state index in [1.165, 1.54) is 24.3 Å². The van der Waals surface area contributed by atoms with E-state index < -0.39 is 0 Å². The van der Waals surface area contributed by atoms with Crippen molar-refractivity contribution in [2.75, 3.05) is 25.2 Å². The average Bonchev–Trinajstić information content (AvgIpc) is 2.40. The summed E-state index contributed by atoms with van der Waals surface area (Å²) < 4.78 is 5.57. The van der Waals surface area contributed by atoms with Crippen LogP contribution in [-0.2, 0) is 4.74 Å². The van der Waals surface area contributed by atoms with Crippen LogP contribution in [0.15, 0.2) is 0 Å². The lowest BCUT2D eigenvalue weighted by Crippen LogP contribution is -2.45. The number of methoxy groups -OCH3 is 1. The summed E-state index contributed by atoms with van der Waals surface area (Å²) in [6, 6.07) is 0.627. The molecule has 1 saturated heterocycles. The van der Waals surface area contributed by atoms with E-state index in [9.17, 15) is 0 Å². The van der Waals surface area contributed by atoms with Gasteiger partial charge in [-0.2, -0.15) is 23.5 Å². The molecule has 1 fully saturated rings. The number of rotatable bonds is 8. The van der Waals surface area contributed by atoms with Crippen molar-refractivity contribution in [3.8, 4) is 0 Å². The highest BCUT2D eigenvalue weighted by Crippen LogP contribution is 2.35. The Labute approximate surface area is 128 Å². The van der Waals surface area contributed by atoms with Crippen molar-refractivity contribution in [3.05, 3.63) is 0 Å². The summed E-state index contributed by atoms with van der Waals surface area (Å²) in [4.78, 5) is 0. The Kier molecular flexibility index (Phi) is 8.19. The van der Waals surface area contributed by atoms with Crippen molar-refractivity contribution in [2.24, 2.45) is 0 Å². The van der Waals surface area contributed by atoms with Crippen molar-refractivity contribution >= 4 is 23.5 Å². The second kappa shape index (κ2) is 8.81. The molecule has 2 nitrogen and oxygen atoms in total. The summed E-state index contributed by atoms with van der Waals surface area (Å²) in [7, 11) is 1.82. The molecule has 3 unspecified atom stereocenters. The predicted molar refractivity (Wildman–Crippen MR) is 90.6 cm³/mol. The normalized spacial score (nSPS) is 26.4. The minimum atomic E-state index is 0.00184. The van der Waals surface area contributed by atoms with Gasteiger partial charge in [0.15, 0.2) is 0 Å². The summed E-state index contributed by atoms with van der Waals surface area (Å²) in [5, 5.41) is 5.29.